The highest BCUT2D eigenvalue weighted by Gasteiger charge is 2.24. The molecule has 2 aromatic rings. The van der Waals surface area contributed by atoms with Crippen LogP contribution in [0.3, 0.4) is 0 Å². The molecule has 4 rings (SSSR count). The number of aromatic nitrogens is 2. The maximum atomic E-state index is 12.7. The highest BCUT2D eigenvalue weighted by molar-refractivity contribution is 5.92. The topological polar surface area (TPSA) is 71.4 Å². The van der Waals surface area contributed by atoms with E-state index in [1.54, 1.807) is 0 Å². The number of nitrogens with one attached hydrogen (secondary N) is 2. The molecular weight excluding hydrogens is 354 g/mol. The van der Waals surface area contributed by atoms with Crippen LogP contribution in [-0.2, 0) is 4.74 Å². The number of benzene rings is 1. The van der Waals surface area contributed by atoms with E-state index in [9.17, 15) is 4.79 Å². The number of ether oxygens (including phenoxy) is 1. The predicted octanol–water partition coefficient (Wildman–Crippen LogP) is 1.61. The van der Waals surface area contributed by atoms with E-state index in [1.807, 2.05) is 35.1 Å². The largest absolute Gasteiger partial charge is 0.379 e. The molecule has 7 nitrogen and oxygen atoms in total. The summed E-state index contributed by atoms with van der Waals surface area (Å²) in [6.45, 7) is 5.75. The van der Waals surface area contributed by atoms with Crippen molar-refractivity contribution < 1.29 is 9.53 Å². The second-order valence-electron chi connectivity index (χ2n) is 7.47. The maximum Gasteiger partial charge on any atom is 0.271 e. The van der Waals surface area contributed by atoms with Gasteiger partial charge >= 0.3 is 0 Å². The molecule has 1 aromatic heterocycles. The number of nitrogens with zero attached hydrogens (tertiary/aromatic N) is 3. The second-order valence-corrected chi connectivity index (χ2v) is 7.47. The molecule has 2 N–H and O–H groups in total. The van der Waals surface area contributed by atoms with Gasteiger partial charge < -0.3 is 15.4 Å². The lowest BCUT2D eigenvalue weighted by Crippen LogP contribution is -2.43. The van der Waals surface area contributed by atoms with Crippen LogP contribution in [-0.4, -0.2) is 66.5 Å². The molecular formula is C21H29N5O2. The summed E-state index contributed by atoms with van der Waals surface area (Å²) in [4.78, 5) is 15.1. The molecule has 0 radical (unpaired) electrons. The lowest BCUT2D eigenvalue weighted by molar-refractivity contribution is 0.0162. The molecule has 0 saturated carbocycles. The summed E-state index contributed by atoms with van der Waals surface area (Å²) in [5, 5.41) is 11.0. The Hall–Kier alpha value is -2.22. The summed E-state index contributed by atoms with van der Waals surface area (Å²) in [5.74, 6) is -0.114. The Kier molecular flexibility index (Phi) is 6.36. The number of rotatable bonds is 6. The van der Waals surface area contributed by atoms with E-state index in [2.05, 4.69) is 32.8 Å². The minimum absolute atomic E-state index is 0.114. The van der Waals surface area contributed by atoms with E-state index in [0.717, 1.165) is 52.2 Å². The van der Waals surface area contributed by atoms with Crippen LogP contribution in [0, 0.1) is 0 Å². The van der Waals surface area contributed by atoms with Crippen LogP contribution in [0.5, 0.6) is 0 Å². The molecule has 2 unspecified atom stereocenters. The van der Waals surface area contributed by atoms with Gasteiger partial charge in [-0.15, -0.1) is 0 Å². The van der Waals surface area contributed by atoms with Crippen LogP contribution in [0.15, 0.2) is 42.6 Å². The first-order valence-electron chi connectivity index (χ1n) is 10.2. The van der Waals surface area contributed by atoms with Crippen molar-refractivity contribution in [2.75, 3.05) is 45.9 Å². The summed E-state index contributed by atoms with van der Waals surface area (Å²) >= 11 is 0. The lowest BCUT2D eigenvalue weighted by Gasteiger charge is -2.34. The maximum absolute atomic E-state index is 12.7. The number of morpholine rings is 1. The number of carbonyl (C=O) groups excluding carboxylic acids is 1. The molecule has 0 spiro atoms. The van der Waals surface area contributed by atoms with Gasteiger partial charge in [-0.25, -0.2) is 0 Å². The fraction of sp³-hybridized carbons (Fsp3) is 0.524. The molecule has 0 aliphatic carbocycles. The van der Waals surface area contributed by atoms with Gasteiger partial charge in [-0.3, -0.25) is 14.4 Å². The van der Waals surface area contributed by atoms with Crippen molar-refractivity contribution in [1.82, 2.24) is 25.3 Å². The Balaban J connectivity index is 1.40. The van der Waals surface area contributed by atoms with Crippen LogP contribution < -0.4 is 10.6 Å². The van der Waals surface area contributed by atoms with Crippen molar-refractivity contribution in [3.8, 4) is 0 Å². The summed E-state index contributed by atoms with van der Waals surface area (Å²) in [6, 6.07) is 12.6. The zero-order valence-electron chi connectivity index (χ0n) is 16.2. The van der Waals surface area contributed by atoms with Crippen LogP contribution in [0.2, 0.25) is 0 Å². The third-order valence-electron chi connectivity index (χ3n) is 5.61. The fourth-order valence-electron chi connectivity index (χ4n) is 4.02. The first-order valence-corrected chi connectivity index (χ1v) is 10.2. The van der Waals surface area contributed by atoms with Gasteiger partial charge in [0.15, 0.2) is 0 Å². The minimum atomic E-state index is -0.114. The molecule has 2 atom stereocenters. The van der Waals surface area contributed by atoms with Crippen molar-refractivity contribution in [3.05, 3.63) is 53.9 Å². The monoisotopic (exact) mass is 383 g/mol. The predicted molar refractivity (Wildman–Crippen MR) is 107 cm³/mol. The summed E-state index contributed by atoms with van der Waals surface area (Å²) in [7, 11) is 0. The van der Waals surface area contributed by atoms with E-state index in [1.165, 1.54) is 5.56 Å². The molecule has 2 aliphatic heterocycles. The quantitative estimate of drug-likeness (QED) is 0.793. The van der Waals surface area contributed by atoms with Gasteiger partial charge in [0.25, 0.3) is 5.91 Å². The van der Waals surface area contributed by atoms with Crippen molar-refractivity contribution in [2.24, 2.45) is 0 Å². The lowest BCUT2D eigenvalue weighted by atomic mass is 10.0. The van der Waals surface area contributed by atoms with Crippen molar-refractivity contribution in [2.45, 2.75) is 24.9 Å². The number of amides is 1. The summed E-state index contributed by atoms with van der Waals surface area (Å²) in [6.07, 6.45) is 4.16. The van der Waals surface area contributed by atoms with Gasteiger partial charge in [0.1, 0.15) is 5.69 Å². The van der Waals surface area contributed by atoms with E-state index in [4.69, 9.17) is 4.74 Å². The SMILES string of the molecule is O=C(NCC(c1ccccc1)N1CCOCC1)c1ccn(C2CCCNC2)n1. The highest BCUT2D eigenvalue weighted by Crippen LogP contribution is 2.21. The van der Waals surface area contributed by atoms with E-state index in [0.29, 0.717) is 18.3 Å². The van der Waals surface area contributed by atoms with Gasteiger partial charge in [-0.1, -0.05) is 30.3 Å². The minimum Gasteiger partial charge on any atom is -0.379 e. The first-order chi connectivity index (χ1) is 13.8. The number of hydrogen-bond acceptors (Lipinski definition) is 5. The van der Waals surface area contributed by atoms with E-state index >= 15 is 0 Å². The normalized spacial score (nSPS) is 21.9. The van der Waals surface area contributed by atoms with E-state index in [-0.39, 0.29) is 11.9 Å². The smallest absolute Gasteiger partial charge is 0.271 e. The van der Waals surface area contributed by atoms with Gasteiger partial charge in [-0.05, 0) is 31.0 Å². The standard InChI is InChI=1S/C21H29N5O2/c27-21(19-8-10-26(24-19)18-7-4-9-22-15-18)23-16-20(17-5-2-1-3-6-17)25-11-13-28-14-12-25/h1-3,5-6,8,10,18,20,22H,4,7,9,11-16H2,(H,23,27). The molecule has 28 heavy (non-hydrogen) atoms. The van der Waals surface area contributed by atoms with Crippen LogP contribution >= 0.6 is 0 Å². The van der Waals surface area contributed by atoms with Crippen LogP contribution in [0.1, 0.15) is 41.0 Å². The summed E-state index contributed by atoms with van der Waals surface area (Å²) < 4.78 is 7.42. The Morgan fingerprint density at radius 1 is 1.25 bits per heavy atom. The zero-order chi connectivity index (χ0) is 19.2. The van der Waals surface area contributed by atoms with Gasteiger partial charge in [0, 0.05) is 32.4 Å². The Morgan fingerprint density at radius 3 is 2.82 bits per heavy atom. The van der Waals surface area contributed by atoms with Crippen molar-refractivity contribution in [1.29, 1.82) is 0 Å². The van der Waals surface area contributed by atoms with Crippen molar-refractivity contribution >= 4 is 5.91 Å². The van der Waals surface area contributed by atoms with E-state index < -0.39 is 0 Å². The Bertz CT molecular complexity index is 751. The second kappa shape index (κ2) is 9.32. The molecule has 1 amide bonds. The Morgan fingerprint density at radius 2 is 2.07 bits per heavy atom. The fourth-order valence-corrected chi connectivity index (χ4v) is 4.02. The van der Waals surface area contributed by atoms with Crippen LogP contribution in [0.4, 0.5) is 0 Å². The molecule has 2 fully saturated rings. The van der Waals surface area contributed by atoms with Gasteiger partial charge in [0.2, 0.25) is 0 Å². The summed E-state index contributed by atoms with van der Waals surface area (Å²) in [5.41, 5.74) is 1.70. The Labute approximate surface area is 166 Å². The first kappa shape index (κ1) is 19.1. The molecule has 0 bridgehead atoms. The molecule has 2 saturated heterocycles. The zero-order valence-corrected chi connectivity index (χ0v) is 16.2. The third kappa shape index (κ3) is 4.60. The molecule has 7 heteroatoms. The third-order valence-corrected chi connectivity index (χ3v) is 5.61. The van der Waals surface area contributed by atoms with Crippen molar-refractivity contribution in [3.63, 3.8) is 0 Å². The molecule has 150 valence electrons. The average Bonchev–Trinajstić information content (AvgIpc) is 3.26. The van der Waals surface area contributed by atoms with Crippen LogP contribution in [0.25, 0.3) is 0 Å². The number of carbonyl (C=O) groups is 1. The highest BCUT2D eigenvalue weighted by atomic mass is 16.5. The van der Waals surface area contributed by atoms with Gasteiger partial charge in [-0.2, -0.15) is 5.10 Å². The number of hydrogen-bond donors (Lipinski definition) is 2. The molecule has 3 heterocycles. The average molecular weight is 383 g/mol. The number of piperidine rings is 1. The molecule has 1 aromatic carbocycles. The molecule has 2 aliphatic rings. The van der Waals surface area contributed by atoms with Gasteiger partial charge in [0.05, 0.1) is 25.3 Å².